The molecular formula is C24H30Cl3N5O2S. The SMILES string of the molecule is CC1CN(c2cc(Cl)nc(SCC(=O)NCCc3ccc(Cl)cc3Cl)n2)CCN1C(=O)C(C)(C)C. The minimum absolute atomic E-state index is 0.0419. The number of benzene rings is 1. The monoisotopic (exact) mass is 557 g/mol. The van der Waals surface area contributed by atoms with Crippen LogP contribution in [0, 0.1) is 5.41 Å². The second-order valence-corrected chi connectivity index (χ2v) is 11.7. The molecule has 3 rings (SSSR count). The fourth-order valence-corrected chi connectivity index (χ4v) is 5.17. The van der Waals surface area contributed by atoms with Crippen LogP contribution in [0.4, 0.5) is 5.82 Å². The Kier molecular flexibility index (Phi) is 9.54. The van der Waals surface area contributed by atoms with Gasteiger partial charge in [0.15, 0.2) is 5.16 Å². The van der Waals surface area contributed by atoms with E-state index in [2.05, 4.69) is 20.2 Å². The Morgan fingerprint density at radius 3 is 2.54 bits per heavy atom. The Bertz CT molecular complexity index is 1080. The average Bonchev–Trinajstić information content (AvgIpc) is 2.77. The Morgan fingerprint density at radius 1 is 1.14 bits per heavy atom. The molecule has 2 amide bonds. The van der Waals surface area contributed by atoms with Crippen molar-refractivity contribution in [3.63, 3.8) is 0 Å². The van der Waals surface area contributed by atoms with Gasteiger partial charge in [-0.05, 0) is 31.0 Å². The zero-order valence-electron chi connectivity index (χ0n) is 20.3. The molecule has 2 heterocycles. The van der Waals surface area contributed by atoms with Gasteiger partial charge in [0.1, 0.15) is 11.0 Å². The smallest absolute Gasteiger partial charge is 0.230 e. The summed E-state index contributed by atoms with van der Waals surface area (Å²) in [6.45, 7) is 10.2. The van der Waals surface area contributed by atoms with E-state index < -0.39 is 5.41 Å². The molecule has 35 heavy (non-hydrogen) atoms. The molecule has 1 atom stereocenters. The number of piperazine rings is 1. The highest BCUT2D eigenvalue weighted by molar-refractivity contribution is 7.99. The van der Waals surface area contributed by atoms with Crippen LogP contribution in [-0.4, -0.2) is 64.7 Å². The number of nitrogens with zero attached hydrogens (tertiary/aromatic N) is 4. The van der Waals surface area contributed by atoms with Gasteiger partial charge in [0.2, 0.25) is 11.8 Å². The van der Waals surface area contributed by atoms with Crippen molar-refractivity contribution >= 4 is 64.2 Å². The molecule has 7 nitrogen and oxygen atoms in total. The highest BCUT2D eigenvalue weighted by atomic mass is 35.5. The van der Waals surface area contributed by atoms with Gasteiger partial charge in [-0.15, -0.1) is 0 Å². The van der Waals surface area contributed by atoms with Gasteiger partial charge in [0.25, 0.3) is 0 Å². The van der Waals surface area contributed by atoms with E-state index in [9.17, 15) is 9.59 Å². The molecule has 1 N–H and O–H groups in total. The van der Waals surface area contributed by atoms with Gasteiger partial charge in [-0.3, -0.25) is 9.59 Å². The lowest BCUT2D eigenvalue weighted by molar-refractivity contribution is -0.142. The van der Waals surface area contributed by atoms with Crippen molar-refractivity contribution in [2.24, 2.45) is 5.41 Å². The lowest BCUT2D eigenvalue weighted by Gasteiger charge is -2.42. The molecule has 1 aromatic heterocycles. The molecule has 0 saturated carbocycles. The summed E-state index contributed by atoms with van der Waals surface area (Å²) >= 11 is 19.6. The molecule has 1 unspecified atom stereocenters. The van der Waals surface area contributed by atoms with E-state index in [1.165, 1.54) is 11.8 Å². The lowest BCUT2D eigenvalue weighted by atomic mass is 9.93. The first-order chi connectivity index (χ1) is 16.4. The van der Waals surface area contributed by atoms with Gasteiger partial charge < -0.3 is 15.1 Å². The topological polar surface area (TPSA) is 78.4 Å². The van der Waals surface area contributed by atoms with E-state index in [1.807, 2.05) is 38.7 Å². The maximum absolute atomic E-state index is 12.7. The zero-order valence-corrected chi connectivity index (χ0v) is 23.4. The highest BCUT2D eigenvalue weighted by Crippen LogP contribution is 2.26. The zero-order chi connectivity index (χ0) is 25.8. The van der Waals surface area contributed by atoms with E-state index in [0.29, 0.717) is 58.8 Å². The Morgan fingerprint density at radius 2 is 1.89 bits per heavy atom. The Labute approximate surface area is 225 Å². The number of aromatic nitrogens is 2. The predicted octanol–water partition coefficient (Wildman–Crippen LogP) is 4.97. The van der Waals surface area contributed by atoms with Crippen LogP contribution < -0.4 is 10.2 Å². The molecular weight excluding hydrogens is 529 g/mol. The predicted molar refractivity (Wildman–Crippen MR) is 144 cm³/mol. The molecule has 1 fully saturated rings. The fraction of sp³-hybridized carbons (Fsp3) is 0.500. The normalized spacial score (nSPS) is 16.4. The van der Waals surface area contributed by atoms with Gasteiger partial charge in [-0.1, -0.05) is 73.4 Å². The van der Waals surface area contributed by atoms with Crippen LogP contribution in [-0.2, 0) is 16.0 Å². The first-order valence-electron chi connectivity index (χ1n) is 11.4. The number of hydrogen-bond acceptors (Lipinski definition) is 6. The summed E-state index contributed by atoms with van der Waals surface area (Å²) in [6.07, 6.45) is 0.603. The van der Waals surface area contributed by atoms with Gasteiger partial charge >= 0.3 is 0 Å². The highest BCUT2D eigenvalue weighted by Gasteiger charge is 2.34. The Balaban J connectivity index is 1.53. The number of thioether (sulfide) groups is 1. The number of halogens is 3. The van der Waals surface area contributed by atoms with Crippen LogP contribution in [0.5, 0.6) is 0 Å². The fourth-order valence-electron chi connectivity index (χ4n) is 3.75. The summed E-state index contributed by atoms with van der Waals surface area (Å²) < 4.78 is 0. The summed E-state index contributed by atoms with van der Waals surface area (Å²) in [6, 6.07) is 7.08. The van der Waals surface area contributed by atoms with Gasteiger partial charge in [-0.25, -0.2) is 9.97 Å². The quantitative estimate of drug-likeness (QED) is 0.294. The molecule has 1 saturated heterocycles. The van der Waals surface area contributed by atoms with Gasteiger partial charge in [-0.2, -0.15) is 0 Å². The van der Waals surface area contributed by atoms with Crippen LogP contribution in [0.15, 0.2) is 29.4 Å². The largest absolute Gasteiger partial charge is 0.355 e. The van der Waals surface area contributed by atoms with Crippen molar-refractivity contribution in [3.05, 3.63) is 45.0 Å². The number of carbonyl (C=O) groups excluding carboxylic acids is 2. The molecule has 1 aliphatic rings. The summed E-state index contributed by atoms with van der Waals surface area (Å²) in [5, 5.41) is 4.79. The van der Waals surface area contributed by atoms with Crippen LogP contribution in [0.2, 0.25) is 15.2 Å². The second-order valence-electron chi connectivity index (χ2n) is 9.50. The molecule has 0 bridgehead atoms. The number of rotatable bonds is 7. The van der Waals surface area contributed by atoms with Crippen LogP contribution >= 0.6 is 46.6 Å². The molecule has 1 aliphatic heterocycles. The van der Waals surface area contributed by atoms with Gasteiger partial charge in [0, 0.05) is 53.7 Å². The number of nitrogens with one attached hydrogen (secondary N) is 1. The number of carbonyl (C=O) groups is 2. The van der Waals surface area contributed by atoms with Crippen LogP contribution in [0.1, 0.15) is 33.3 Å². The number of anilines is 1. The van der Waals surface area contributed by atoms with E-state index >= 15 is 0 Å². The molecule has 2 aromatic rings. The van der Waals surface area contributed by atoms with Crippen molar-refractivity contribution in [2.75, 3.05) is 36.8 Å². The van der Waals surface area contributed by atoms with E-state index in [0.717, 1.165) is 5.56 Å². The summed E-state index contributed by atoms with van der Waals surface area (Å²) in [4.78, 5) is 37.9. The standard InChI is InChI=1S/C24H30Cl3N5O2S/c1-15-13-31(9-10-32(15)22(34)24(2,3)4)20-12-19(27)29-23(30-20)35-14-21(33)28-8-7-16-5-6-17(25)11-18(16)26/h5-6,11-12,15H,7-10,13-14H2,1-4H3,(H,28,33). The number of hydrogen-bond donors (Lipinski definition) is 1. The van der Waals surface area contributed by atoms with Gasteiger partial charge in [0.05, 0.1) is 5.75 Å². The van der Waals surface area contributed by atoms with E-state index in [4.69, 9.17) is 34.8 Å². The summed E-state index contributed by atoms with van der Waals surface area (Å²) in [5.74, 6) is 0.873. The average molecular weight is 559 g/mol. The minimum atomic E-state index is -0.417. The third-order valence-corrected chi connectivity index (χ3v) is 7.21. The van der Waals surface area contributed by atoms with Crippen LogP contribution in [0.3, 0.4) is 0 Å². The maximum atomic E-state index is 12.7. The molecule has 11 heteroatoms. The first-order valence-corrected chi connectivity index (χ1v) is 13.5. The van der Waals surface area contributed by atoms with Crippen molar-refractivity contribution < 1.29 is 9.59 Å². The molecule has 0 spiro atoms. The first kappa shape index (κ1) is 27.8. The molecule has 190 valence electrons. The molecule has 0 radical (unpaired) electrons. The second kappa shape index (κ2) is 12.0. The maximum Gasteiger partial charge on any atom is 0.230 e. The van der Waals surface area contributed by atoms with Crippen molar-refractivity contribution in [3.8, 4) is 0 Å². The number of amides is 2. The van der Waals surface area contributed by atoms with Crippen molar-refractivity contribution in [1.29, 1.82) is 0 Å². The molecule has 1 aromatic carbocycles. The van der Waals surface area contributed by atoms with E-state index in [-0.39, 0.29) is 23.6 Å². The summed E-state index contributed by atoms with van der Waals surface area (Å²) in [5.41, 5.74) is 0.505. The van der Waals surface area contributed by atoms with Crippen LogP contribution in [0.25, 0.3) is 0 Å². The third-order valence-electron chi connectivity index (χ3n) is 5.58. The van der Waals surface area contributed by atoms with E-state index in [1.54, 1.807) is 18.2 Å². The Hall–Kier alpha value is -1.74. The lowest BCUT2D eigenvalue weighted by Crippen LogP contribution is -2.56. The summed E-state index contributed by atoms with van der Waals surface area (Å²) in [7, 11) is 0. The minimum Gasteiger partial charge on any atom is -0.355 e. The molecule has 0 aliphatic carbocycles. The van der Waals surface area contributed by atoms with Crippen molar-refractivity contribution in [1.82, 2.24) is 20.2 Å². The van der Waals surface area contributed by atoms with Crippen molar-refractivity contribution in [2.45, 2.75) is 45.3 Å². The third kappa shape index (κ3) is 7.87.